The topological polar surface area (TPSA) is 147 Å². The number of tetrazole rings is 1. The van der Waals surface area contributed by atoms with Crippen molar-refractivity contribution in [2.45, 2.75) is 13.0 Å². The van der Waals surface area contributed by atoms with E-state index in [1.54, 1.807) is 6.92 Å². The van der Waals surface area contributed by atoms with Crippen molar-refractivity contribution in [1.82, 2.24) is 30.2 Å². The van der Waals surface area contributed by atoms with Gasteiger partial charge in [0.15, 0.2) is 5.82 Å². The predicted molar refractivity (Wildman–Crippen MR) is 62.9 cm³/mol. The Bertz CT molecular complexity index is 655. The van der Waals surface area contributed by atoms with E-state index in [0.29, 0.717) is 5.82 Å². The van der Waals surface area contributed by atoms with Gasteiger partial charge >= 0.3 is 5.69 Å². The van der Waals surface area contributed by atoms with Crippen LogP contribution in [0.25, 0.3) is 0 Å². The minimum Gasteiger partial charge on any atom is -0.383 e. The molecule has 0 aromatic carbocycles. The minimum absolute atomic E-state index is 0.0408. The van der Waals surface area contributed by atoms with Gasteiger partial charge in [-0.1, -0.05) is 5.21 Å². The molecule has 5 N–H and O–H groups in total. The van der Waals surface area contributed by atoms with E-state index in [2.05, 4.69) is 30.9 Å². The number of hydrogen-bond acceptors (Lipinski definition) is 7. The van der Waals surface area contributed by atoms with Gasteiger partial charge in [0.05, 0.1) is 6.04 Å². The first-order valence-electron chi connectivity index (χ1n) is 5.09. The molecular formula is C8H12N8O2. The molecule has 0 saturated heterocycles. The molecule has 10 nitrogen and oxygen atoms in total. The van der Waals surface area contributed by atoms with E-state index in [1.807, 2.05) is 0 Å². The molecule has 2 aromatic rings. The van der Waals surface area contributed by atoms with Crippen molar-refractivity contribution in [2.75, 3.05) is 11.1 Å². The molecule has 0 aliphatic heterocycles. The standard InChI is InChI=1S/C8H12N8O2/c1-3(6-12-14-15-13-6)10-4-5(9)16(2)8(18)11-7(4)17/h3,10H,9H2,1-2H3,(H,11,17,18)(H,12,13,14,15). The van der Waals surface area contributed by atoms with Gasteiger partial charge in [0.1, 0.15) is 11.5 Å². The van der Waals surface area contributed by atoms with Crippen LogP contribution < -0.4 is 22.3 Å². The Morgan fingerprint density at radius 2 is 2.17 bits per heavy atom. The average Bonchev–Trinajstić information content (AvgIpc) is 2.85. The zero-order chi connectivity index (χ0) is 13.3. The molecule has 0 amide bonds. The summed E-state index contributed by atoms with van der Waals surface area (Å²) in [6, 6.07) is -0.385. The van der Waals surface area contributed by atoms with E-state index in [1.165, 1.54) is 7.05 Å². The third kappa shape index (κ3) is 1.95. The SMILES string of the molecule is CC(Nc1c(N)n(C)c(=O)[nH]c1=O)c1nn[nH]n1. The van der Waals surface area contributed by atoms with Crippen molar-refractivity contribution >= 4 is 11.5 Å². The van der Waals surface area contributed by atoms with Crippen molar-refractivity contribution in [2.24, 2.45) is 7.05 Å². The second-order valence-electron chi connectivity index (χ2n) is 3.71. The van der Waals surface area contributed by atoms with Crippen molar-refractivity contribution in [3.63, 3.8) is 0 Å². The molecule has 0 aliphatic rings. The lowest BCUT2D eigenvalue weighted by Crippen LogP contribution is -2.33. The fourth-order valence-electron chi connectivity index (χ4n) is 1.41. The van der Waals surface area contributed by atoms with Crippen LogP contribution in [0.3, 0.4) is 0 Å². The van der Waals surface area contributed by atoms with E-state index < -0.39 is 11.2 Å². The van der Waals surface area contributed by atoms with E-state index in [4.69, 9.17) is 5.73 Å². The Labute approximate surface area is 100 Å². The predicted octanol–water partition coefficient (Wildman–Crippen LogP) is -1.66. The molecular weight excluding hydrogens is 240 g/mol. The van der Waals surface area contributed by atoms with Gasteiger partial charge in [0, 0.05) is 7.05 Å². The van der Waals surface area contributed by atoms with Gasteiger partial charge in [-0.3, -0.25) is 14.3 Å². The Balaban J connectivity index is 2.39. The summed E-state index contributed by atoms with van der Waals surface area (Å²) in [5.74, 6) is 0.418. The number of hydrogen-bond donors (Lipinski definition) is 4. The van der Waals surface area contributed by atoms with Gasteiger partial charge < -0.3 is 11.1 Å². The van der Waals surface area contributed by atoms with Crippen LogP contribution in [0.15, 0.2) is 9.59 Å². The van der Waals surface area contributed by atoms with Crippen LogP contribution in [0.1, 0.15) is 18.8 Å². The normalized spacial score (nSPS) is 12.3. The van der Waals surface area contributed by atoms with Gasteiger partial charge in [-0.25, -0.2) is 4.79 Å². The second kappa shape index (κ2) is 4.31. The van der Waals surface area contributed by atoms with Crippen molar-refractivity contribution in [3.05, 3.63) is 26.7 Å². The smallest absolute Gasteiger partial charge is 0.329 e. The Morgan fingerprint density at radius 3 is 2.78 bits per heavy atom. The number of rotatable bonds is 3. The number of aromatic amines is 2. The van der Waals surface area contributed by atoms with E-state index in [0.717, 1.165) is 4.57 Å². The lowest BCUT2D eigenvalue weighted by molar-refractivity contribution is 0.772. The van der Waals surface area contributed by atoms with Gasteiger partial charge in [0.25, 0.3) is 5.56 Å². The minimum atomic E-state index is -0.592. The van der Waals surface area contributed by atoms with Crippen molar-refractivity contribution in [1.29, 1.82) is 0 Å². The maximum Gasteiger partial charge on any atom is 0.329 e. The van der Waals surface area contributed by atoms with Crippen LogP contribution in [0.2, 0.25) is 0 Å². The monoisotopic (exact) mass is 252 g/mol. The highest BCUT2D eigenvalue weighted by molar-refractivity contribution is 5.60. The number of nitrogens with zero attached hydrogens (tertiary/aromatic N) is 4. The number of H-pyrrole nitrogens is 2. The van der Waals surface area contributed by atoms with Gasteiger partial charge in [-0.2, -0.15) is 5.21 Å². The fourth-order valence-corrected chi connectivity index (χ4v) is 1.41. The molecule has 0 aliphatic carbocycles. The quantitative estimate of drug-likeness (QED) is 0.511. The first-order chi connectivity index (χ1) is 8.50. The molecule has 0 spiro atoms. The molecule has 0 saturated carbocycles. The summed E-state index contributed by atoms with van der Waals surface area (Å²) in [4.78, 5) is 25.1. The highest BCUT2D eigenvalue weighted by atomic mass is 16.2. The molecule has 1 unspecified atom stereocenters. The summed E-state index contributed by atoms with van der Waals surface area (Å²) in [6.45, 7) is 1.73. The highest BCUT2D eigenvalue weighted by Gasteiger charge is 2.15. The second-order valence-corrected chi connectivity index (χ2v) is 3.71. The first kappa shape index (κ1) is 11.8. The molecule has 2 heterocycles. The fraction of sp³-hybridized carbons (Fsp3) is 0.375. The number of anilines is 2. The molecule has 18 heavy (non-hydrogen) atoms. The number of nitrogen functional groups attached to an aromatic ring is 1. The largest absolute Gasteiger partial charge is 0.383 e. The molecule has 1 atom stereocenters. The third-order valence-electron chi connectivity index (χ3n) is 2.48. The van der Waals surface area contributed by atoms with Crippen LogP contribution in [0.4, 0.5) is 11.5 Å². The molecule has 2 rings (SSSR count). The molecule has 2 aromatic heterocycles. The van der Waals surface area contributed by atoms with Gasteiger partial charge in [-0.15, -0.1) is 10.2 Å². The third-order valence-corrected chi connectivity index (χ3v) is 2.48. The van der Waals surface area contributed by atoms with Crippen LogP contribution >= 0.6 is 0 Å². The zero-order valence-electron chi connectivity index (χ0n) is 9.76. The van der Waals surface area contributed by atoms with E-state index >= 15 is 0 Å². The van der Waals surface area contributed by atoms with Crippen LogP contribution in [0.5, 0.6) is 0 Å². The van der Waals surface area contributed by atoms with Crippen molar-refractivity contribution < 1.29 is 0 Å². The summed E-state index contributed by atoms with van der Waals surface area (Å²) >= 11 is 0. The molecule has 0 bridgehead atoms. The van der Waals surface area contributed by atoms with Gasteiger partial charge in [0.2, 0.25) is 0 Å². The summed E-state index contributed by atoms with van der Waals surface area (Å²) in [5, 5.41) is 16.1. The maximum absolute atomic E-state index is 11.6. The lowest BCUT2D eigenvalue weighted by Gasteiger charge is -2.13. The lowest BCUT2D eigenvalue weighted by atomic mass is 10.3. The van der Waals surface area contributed by atoms with E-state index in [-0.39, 0.29) is 17.5 Å². The summed E-state index contributed by atoms with van der Waals surface area (Å²) in [7, 11) is 1.46. The Hall–Kier alpha value is -2.65. The van der Waals surface area contributed by atoms with Crippen LogP contribution in [0, 0.1) is 0 Å². The van der Waals surface area contributed by atoms with Crippen LogP contribution in [-0.2, 0) is 7.05 Å². The molecule has 0 radical (unpaired) electrons. The number of nitrogens with two attached hydrogens (primary N) is 1. The molecule has 0 fully saturated rings. The molecule has 10 heteroatoms. The average molecular weight is 252 g/mol. The zero-order valence-corrected chi connectivity index (χ0v) is 9.76. The number of nitrogens with one attached hydrogen (secondary N) is 3. The Morgan fingerprint density at radius 1 is 1.44 bits per heavy atom. The Kier molecular flexibility index (Phi) is 2.83. The molecule has 96 valence electrons. The summed E-state index contributed by atoms with van der Waals surface area (Å²) in [5.41, 5.74) is 4.63. The van der Waals surface area contributed by atoms with Gasteiger partial charge in [-0.05, 0) is 6.92 Å². The first-order valence-corrected chi connectivity index (χ1v) is 5.09. The maximum atomic E-state index is 11.6. The van der Waals surface area contributed by atoms with Crippen LogP contribution in [-0.4, -0.2) is 30.2 Å². The van der Waals surface area contributed by atoms with E-state index in [9.17, 15) is 9.59 Å². The summed E-state index contributed by atoms with van der Waals surface area (Å²) < 4.78 is 1.13. The number of aromatic nitrogens is 6. The highest BCUT2D eigenvalue weighted by Crippen LogP contribution is 2.15. The van der Waals surface area contributed by atoms with Crippen molar-refractivity contribution in [3.8, 4) is 0 Å². The summed E-state index contributed by atoms with van der Waals surface area (Å²) in [6.07, 6.45) is 0.